The van der Waals surface area contributed by atoms with Gasteiger partial charge in [-0.15, -0.1) is 0 Å². The van der Waals surface area contributed by atoms with E-state index in [2.05, 4.69) is 0 Å². The molecule has 0 spiro atoms. The molecule has 0 atom stereocenters. The van der Waals surface area contributed by atoms with Crippen LogP contribution in [0.2, 0.25) is 0 Å². The molecule has 1 rings (SSSR count). The average Bonchev–Trinajstić information content (AvgIpc) is 2.02. The van der Waals surface area contributed by atoms with Gasteiger partial charge in [0.1, 0.15) is 10.6 Å². The molecule has 0 aliphatic carbocycles. The number of benzene rings is 1. The summed E-state index contributed by atoms with van der Waals surface area (Å²) in [4.78, 5) is -0.0433. The van der Waals surface area contributed by atoms with Gasteiger partial charge in [-0.05, 0) is 30.7 Å². The van der Waals surface area contributed by atoms with Crippen molar-refractivity contribution in [2.45, 2.75) is 11.3 Å². The molecule has 0 heterocycles. The SMILES string of the molecule is CS(=O)(=O)c1ccc(CCN)cc1O. The van der Waals surface area contributed by atoms with Crippen molar-refractivity contribution in [3.8, 4) is 5.75 Å². The molecule has 1 aromatic rings. The third kappa shape index (κ3) is 2.46. The molecule has 0 aromatic heterocycles. The Labute approximate surface area is 83.3 Å². The maximum absolute atomic E-state index is 11.1. The second-order valence-corrected chi connectivity index (χ2v) is 5.10. The first-order valence-electron chi connectivity index (χ1n) is 4.17. The molecule has 0 amide bonds. The summed E-state index contributed by atoms with van der Waals surface area (Å²) in [7, 11) is -3.35. The third-order valence-corrected chi connectivity index (χ3v) is 3.00. The zero-order chi connectivity index (χ0) is 10.8. The maximum atomic E-state index is 11.1. The van der Waals surface area contributed by atoms with Crippen LogP contribution in [0.4, 0.5) is 0 Å². The van der Waals surface area contributed by atoms with E-state index in [9.17, 15) is 13.5 Å². The van der Waals surface area contributed by atoms with Gasteiger partial charge in [-0.25, -0.2) is 8.42 Å². The molecule has 0 saturated heterocycles. The van der Waals surface area contributed by atoms with Gasteiger partial charge in [-0.2, -0.15) is 0 Å². The number of hydrogen-bond donors (Lipinski definition) is 2. The van der Waals surface area contributed by atoms with Crippen LogP contribution in [0.15, 0.2) is 23.1 Å². The fraction of sp³-hybridized carbons (Fsp3) is 0.333. The highest BCUT2D eigenvalue weighted by atomic mass is 32.2. The van der Waals surface area contributed by atoms with Crippen molar-refractivity contribution < 1.29 is 13.5 Å². The fourth-order valence-electron chi connectivity index (χ4n) is 1.20. The Hall–Kier alpha value is -1.07. The van der Waals surface area contributed by atoms with Crippen LogP contribution in [0.25, 0.3) is 0 Å². The Morgan fingerprint density at radius 1 is 1.43 bits per heavy atom. The summed E-state index contributed by atoms with van der Waals surface area (Å²) < 4.78 is 22.3. The molecule has 0 unspecified atom stereocenters. The molecular formula is C9H13NO3S. The fourth-order valence-corrected chi connectivity index (χ4v) is 1.95. The normalized spacial score (nSPS) is 11.6. The molecule has 1 aromatic carbocycles. The Kier molecular flexibility index (Phi) is 3.13. The van der Waals surface area contributed by atoms with Crippen molar-refractivity contribution >= 4 is 9.84 Å². The summed E-state index contributed by atoms with van der Waals surface area (Å²) in [5, 5.41) is 9.43. The molecule has 0 radical (unpaired) electrons. The number of sulfone groups is 1. The molecule has 0 saturated carbocycles. The predicted octanol–water partition coefficient (Wildman–Crippen LogP) is 0.297. The van der Waals surface area contributed by atoms with Gasteiger partial charge < -0.3 is 10.8 Å². The molecular weight excluding hydrogens is 202 g/mol. The van der Waals surface area contributed by atoms with Gasteiger partial charge in [-0.1, -0.05) is 6.07 Å². The number of nitrogens with two attached hydrogens (primary N) is 1. The lowest BCUT2D eigenvalue weighted by Crippen LogP contribution is -2.03. The summed E-state index contributed by atoms with van der Waals surface area (Å²) in [6.45, 7) is 0.470. The second kappa shape index (κ2) is 3.98. The van der Waals surface area contributed by atoms with Crippen LogP contribution in [-0.2, 0) is 16.3 Å². The first kappa shape index (κ1) is 11.0. The summed E-state index contributed by atoms with van der Waals surface area (Å²) in [6, 6.07) is 4.49. The van der Waals surface area contributed by atoms with Gasteiger partial charge in [-0.3, -0.25) is 0 Å². The van der Waals surface area contributed by atoms with Gasteiger partial charge in [0.25, 0.3) is 0 Å². The summed E-state index contributed by atoms with van der Waals surface area (Å²) >= 11 is 0. The Bertz CT molecular complexity index is 426. The lowest BCUT2D eigenvalue weighted by Gasteiger charge is -2.04. The highest BCUT2D eigenvalue weighted by Crippen LogP contribution is 2.23. The molecule has 0 aliphatic heterocycles. The van der Waals surface area contributed by atoms with E-state index in [1.54, 1.807) is 6.07 Å². The van der Waals surface area contributed by atoms with Crippen LogP contribution < -0.4 is 5.73 Å². The Balaban J connectivity index is 3.15. The number of aromatic hydroxyl groups is 1. The second-order valence-electron chi connectivity index (χ2n) is 3.11. The van der Waals surface area contributed by atoms with Crippen LogP contribution in [0, 0.1) is 0 Å². The monoisotopic (exact) mass is 215 g/mol. The van der Waals surface area contributed by atoms with Crippen molar-refractivity contribution in [3.05, 3.63) is 23.8 Å². The van der Waals surface area contributed by atoms with Gasteiger partial charge in [0.05, 0.1) is 0 Å². The van der Waals surface area contributed by atoms with Gasteiger partial charge in [0.2, 0.25) is 0 Å². The number of phenolic OH excluding ortho intramolecular Hbond substituents is 1. The summed E-state index contributed by atoms with van der Waals surface area (Å²) in [5.74, 6) is -0.210. The molecule has 0 bridgehead atoms. The minimum atomic E-state index is -3.35. The van der Waals surface area contributed by atoms with Crippen molar-refractivity contribution in [1.29, 1.82) is 0 Å². The van der Waals surface area contributed by atoms with E-state index in [1.807, 2.05) is 0 Å². The van der Waals surface area contributed by atoms with Crippen molar-refractivity contribution in [2.24, 2.45) is 5.73 Å². The van der Waals surface area contributed by atoms with E-state index < -0.39 is 9.84 Å². The van der Waals surface area contributed by atoms with Crippen LogP contribution in [-0.4, -0.2) is 26.3 Å². The van der Waals surface area contributed by atoms with E-state index in [1.165, 1.54) is 12.1 Å². The standard InChI is InChI=1S/C9H13NO3S/c1-14(12,13)9-3-2-7(4-5-10)6-8(9)11/h2-3,6,11H,4-5,10H2,1H3. The Morgan fingerprint density at radius 3 is 2.50 bits per heavy atom. The molecule has 78 valence electrons. The topological polar surface area (TPSA) is 80.4 Å². The quantitative estimate of drug-likeness (QED) is 0.759. The zero-order valence-corrected chi connectivity index (χ0v) is 8.71. The van der Waals surface area contributed by atoms with Gasteiger partial charge >= 0.3 is 0 Å². The molecule has 3 N–H and O–H groups in total. The molecule has 4 nitrogen and oxygen atoms in total. The van der Waals surface area contributed by atoms with Crippen LogP contribution >= 0.6 is 0 Å². The zero-order valence-electron chi connectivity index (χ0n) is 7.90. The van der Waals surface area contributed by atoms with Gasteiger partial charge in [0, 0.05) is 6.26 Å². The maximum Gasteiger partial charge on any atom is 0.179 e. The lowest BCUT2D eigenvalue weighted by atomic mass is 10.1. The minimum Gasteiger partial charge on any atom is -0.507 e. The van der Waals surface area contributed by atoms with Gasteiger partial charge in [0.15, 0.2) is 9.84 Å². The van der Waals surface area contributed by atoms with Crippen molar-refractivity contribution in [1.82, 2.24) is 0 Å². The highest BCUT2D eigenvalue weighted by Gasteiger charge is 2.12. The lowest BCUT2D eigenvalue weighted by molar-refractivity contribution is 0.458. The van der Waals surface area contributed by atoms with E-state index in [-0.39, 0.29) is 10.6 Å². The van der Waals surface area contributed by atoms with E-state index in [0.29, 0.717) is 13.0 Å². The summed E-state index contributed by atoms with van der Waals surface area (Å²) in [6.07, 6.45) is 1.68. The predicted molar refractivity (Wildman–Crippen MR) is 54.0 cm³/mol. The van der Waals surface area contributed by atoms with Crippen LogP contribution in [0.1, 0.15) is 5.56 Å². The largest absolute Gasteiger partial charge is 0.507 e. The number of rotatable bonds is 3. The van der Waals surface area contributed by atoms with E-state index in [4.69, 9.17) is 5.73 Å². The first-order chi connectivity index (χ1) is 6.45. The third-order valence-electron chi connectivity index (χ3n) is 1.86. The number of phenols is 1. The van der Waals surface area contributed by atoms with Crippen LogP contribution in [0.5, 0.6) is 5.75 Å². The molecule has 14 heavy (non-hydrogen) atoms. The van der Waals surface area contributed by atoms with Crippen molar-refractivity contribution in [3.63, 3.8) is 0 Å². The van der Waals surface area contributed by atoms with Crippen molar-refractivity contribution in [2.75, 3.05) is 12.8 Å². The van der Waals surface area contributed by atoms with E-state index >= 15 is 0 Å². The molecule has 5 heteroatoms. The smallest absolute Gasteiger partial charge is 0.179 e. The van der Waals surface area contributed by atoms with E-state index in [0.717, 1.165) is 11.8 Å². The average molecular weight is 215 g/mol. The minimum absolute atomic E-state index is 0.0433. The summed E-state index contributed by atoms with van der Waals surface area (Å²) in [5.41, 5.74) is 6.17. The first-order valence-corrected chi connectivity index (χ1v) is 6.06. The van der Waals surface area contributed by atoms with Crippen LogP contribution in [0.3, 0.4) is 0 Å². The highest BCUT2D eigenvalue weighted by molar-refractivity contribution is 7.90. The molecule has 0 fully saturated rings. The Morgan fingerprint density at radius 2 is 2.07 bits per heavy atom. The number of hydrogen-bond acceptors (Lipinski definition) is 4. The molecule has 0 aliphatic rings.